The molecular weight excluding hydrogens is 244 g/mol. The predicted octanol–water partition coefficient (Wildman–Crippen LogP) is 2.53. The molecular formula is C15H28O4. The number of hydrogen-bond acceptors (Lipinski definition) is 4. The fourth-order valence-corrected chi connectivity index (χ4v) is 2.88. The summed E-state index contributed by atoms with van der Waals surface area (Å²) < 4.78 is 11.1. The minimum absolute atomic E-state index is 0.0827. The standard InChI is InChI=1S/C15H28O4/c1-6-9(2)7-13-8-10(3)18-11(4)14(17)15(13)19-12(5)16/h9-11,13-15,17H,6-8H2,1-5H3. The van der Waals surface area contributed by atoms with Crippen LogP contribution in [0.4, 0.5) is 0 Å². The Balaban J connectivity index is 2.87. The summed E-state index contributed by atoms with van der Waals surface area (Å²) in [6.07, 6.45) is 1.44. The number of carbonyl (C=O) groups is 1. The monoisotopic (exact) mass is 272 g/mol. The first-order valence-corrected chi connectivity index (χ1v) is 7.35. The lowest BCUT2D eigenvalue weighted by Gasteiger charge is -2.30. The maximum atomic E-state index is 11.3. The Morgan fingerprint density at radius 3 is 2.63 bits per heavy atom. The van der Waals surface area contributed by atoms with Crippen LogP contribution in [-0.4, -0.2) is 35.5 Å². The molecule has 0 aromatic carbocycles. The zero-order valence-electron chi connectivity index (χ0n) is 12.8. The fourth-order valence-electron chi connectivity index (χ4n) is 2.88. The highest BCUT2D eigenvalue weighted by atomic mass is 16.6. The van der Waals surface area contributed by atoms with Crippen LogP contribution < -0.4 is 0 Å². The average molecular weight is 272 g/mol. The number of esters is 1. The van der Waals surface area contributed by atoms with Crippen molar-refractivity contribution < 1.29 is 19.4 Å². The topological polar surface area (TPSA) is 55.8 Å². The van der Waals surface area contributed by atoms with Gasteiger partial charge in [0.05, 0.1) is 12.2 Å². The molecule has 112 valence electrons. The molecule has 4 nitrogen and oxygen atoms in total. The van der Waals surface area contributed by atoms with Crippen LogP contribution in [0.2, 0.25) is 0 Å². The predicted molar refractivity (Wildman–Crippen MR) is 73.7 cm³/mol. The van der Waals surface area contributed by atoms with Crippen molar-refractivity contribution in [3.05, 3.63) is 0 Å². The molecule has 0 radical (unpaired) electrons. The van der Waals surface area contributed by atoms with Gasteiger partial charge in [0.2, 0.25) is 0 Å². The molecule has 0 spiro atoms. The second-order valence-electron chi connectivity index (χ2n) is 5.96. The lowest BCUT2D eigenvalue weighted by Crippen LogP contribution is -2.42. The van der Waals surface area contributed by atoms with Gasteiger partial charge in [-0.05, 0) is 32.6 Å². The van der Waals surface area contributed by atoms with Crippen molar-refractivity contribution >= 4 is 5.97 Å². The summed E-state index contributed by atoms with van der Waals surface area (Å²) in [5.41, 5.74) is 0. The number of carbonyl (C=O) groups excluding carboxylic acids is 1. The molecule has 1 aliphatic rings. The Morgan fingerprint density at radius 1 is 1.47 bits per heavy atom. The first kappa shape index (κ1) is 16.4. The quantitative estimate of drug-likeness (QED) is 0.799. The molecule has 0 amide bonds. The van der Waals surface area contributed by atoms with Gasteiger partial charge in [-0.25, -0.2) is 0 Å². The third-order valence-corrected chi connectivity index (χ3v) is 4.07. The van der Waals surface area contributed by atoms with Gasteiger partial charge >= 0.3 is 5.97 Å². The summed E-state index contributed by atoms with van der Waals surface area (Å²) in [5, 5.41) is 10.3. The van der Waals surface area contributed by atoms with Gasteiger partial charge in [0.15, 0.2) is 0 Å². The molecule has 4 heteroatoms. The van der Waals surface area contributed by atoms with Crippen molar-refractivity contribution in [3.8, 4) is 0 Å². The molecule has 0 aromatic rings. The number of aliphatic hydroxyl groups excluding tert-OH is 1. The molecule has 0 bridgehead atoms. The normalized spacial score (nSPS) is 37.5. The molecule has 1 fully saturated rings. The summed E-state index contributed by atoms with van der Waals surface area (Å²) >= 11 is 0. The molecule has 1 saturated heterocycles. The van der Waals surface area contributed by atoms with E-state index in [1.165, 1.54) is 6.92 Å². The van der Waals surface area contributed by atoms with Crippen molar-refractivity contribution in [1.82, 2.24) is 0 Å². The second-order valence-corrected chi connectivity index (χ2v) is 5.96. The van der Waals surface area contributed by atoms with Gasteiger partial charge in [-0.15, -0.1) is 0 Å². The van der Waals surface area contributed by atoms with Crippen LogP contribution in [-0.2, 0) is 14.3 Å². The zero-order valence-corrected chi connectivity index (χ0v) is 12.8. The van der Waals surface area contributed by atoms with E-state index in [9.17, 15) is 9.90 Å². The maximum Gasteiger partial charge on any atom is 0.303 e. The Morgan fingerprint density at radius 2 is 2.11 bits per heavy atom. The van der Waals surface area contributed by atoms with Gasteiger partial charge in [-0.1, -0.05) is 20.3 Å². The van der Waals surface area contributed by atoms with Crippen LogP contribution in [0, 0.1) is 11.8 Å². The maximum absolute atomic E-state index is 11.3. The summed E-state index contributed by atoms with van der Waals surface area (Å²) in [7, 11) is 0. The van der Waals surface area contributed by atoms with Crippen LogP contribution in [0.3, 0.4) is 0 Å². The van der Waals surface area contributed by atoms with E-state index >= 15 is 0 Å². The van der Waals surface area contributed by atoms with E-state index in [2.05, 4.69) is 13.8 Å². The minimum atomic E-state index is -0.747. The van der Waals surface area contributed by atoms with Crippen molar-refractivity contribution in [1.29, 1.82) is 0 Å². The summed E-state index contributed by atoms with van der Waals surface area (Å²) in [4.78, 5) is 11.3. The summed E-state index contributed by atoms with van der Waals surface area (Å²) in [5.74, 6) is 0.379. The highest BCUT2D eigenvalue weighted by Gasteiger charge is 2.39. The van der Waals surface area contributed by atoms with Gasteiger partial charge in [0, 0.05) is 12.8 Å². The Kier molecular flexibility index (Phi) is 6.27. The van der Waals surface area contributed by atoms with Crippen molar-refractivity contribution in [3.63, 3.8) is 0 Å². The molecule has 0 aliphatic carbocycles. The van der Waals surface area contributed by atoms with E-state index in [-0.39, 0.29) is 24.1 Å². The van der Waals surface area contributed by atoms with Crippen LogP contribution in [0.15, 0.2) is 0 Å². The van der Waals surface area contributed by atoms with Crippen LogP contribution in [0.25, 0.3) is 0 Å². The molecule has 1 N–H and O–H groups in total. The number of aliphatic hydroxyl groups is 1. The van der Waals surface area contributed by atoms with Gasteiger partial charge in [-0.2, -0.15) is 0 Å². The number of ether oxygens (including phenoxy) is 2. The molecule has 6 unspecified atom stereocenters. The molecule has 1 aliphatic heterocycles. The Bertz CT molecular complexity index is 290. The molecule has 6 atom stereocenters. The summed E-state index contributed by atoms with van der Waals surface area (Å²) in [6.45, 7) is 9.59. The lowest BCUT2D eigenvalue weighted by molar-refractivity contribution is -0.161. The van der Waals surface area contributed by atoms with E-state index in [4.69, 9.17) is 9.47 Å². The Labute approximate surface area is 116 Å². The average Bonchev–Trinajstić information content (AvgIpc) is 2.41. The van der Waals surface area contributed by atoms with Crippen molar-refractivity contribution in [2.45, 2.75) is 78.3 Å². The van der Waals surface area contributed by atoms with Crippen molar-refractivity contribution in [2.24, 2.45) is 11.8 Å². The first-order valence-electron chi connectivity index (χ1n) is 7.35. The molecule has 0 aromatic heterocycles. The summed E-state index contributed by atoms with van der Waals surface area (Å²) in [6, 6.07) is 0. The number of rotatable bonds is 4. The van der Waals surface area contributed by atoms with E-state index < -0.39 is 12.2 Å². The van der Waals surface area contributed by atoms with E-state index in [1.807, 2.05) is 13.8 Å². The van der Waals surface area contributed by atoms with Crippen LogP contribution in [0.5, 0.6) is 0 Å². The largest absolute Gasteiger partial charge is 0.459 e. The lowest BCUT2D eigenvalue weighted by atomic mass is 9.84. The van der Waals surface area contributed by atoms with Gasteiger partial charge < -0.3 is 14.6 Å². The van der Waals surface area contributed by atoms with Crippen LogP contribution >= 0.6 is 0 Å². The SMILES string of the molecule is CCC(C)CC1CC(C)OC(C)C(O)C1OC(C)=O. The number of hydrogen-bond donors (Lipinski definition) is 1. The van der Waals surface area contributed by atoms with E-state index in [1.54, 1.807) is 0 Å². The third-order valence-electron chi connectivity index (χ3n) is 4.07. The van der Waals surface area contributed by atoms with E-state index in [0.29, 0.717) is 5.92 Å². The van der Waals surface area contributed by atoms with Crippen molar-refractivity contribution in [2.75, 3.05) is 0 Å². The van der Waals surface area contributed by atoms with Crippen LogP contribution in [0.1, 0.15) is 53.9 Å². The first-order chi connectivity index (χ1) is 8.85. The smallest absolute Gasteiger partial charge is 0.303 e. The highest BCUT2D eigenvalue weighted by molar-refractivity contribution is 5.66. The fraction of sp³-hybridized carbons (Fsp3) is 0.933. The van der Waals surface area contributed by atoms with Gasteiger partial charge in [-0.3, -0.25) is 4.79 Å². The van der Waals surface area contributed by atoms with E-state index in [0.717, 1.165) is 19.3 Å². The highest BCUT2D eigenvalue weighted by Crippen LogP contribution is 2.32. The molecule has 0 saturated carbocycles. The molecule has 19 heavy (non-hydrogen) atoms. The minimum Gasteiger partial charge on any atom is -0.459 e. The Hall–Kier alpha value is -0.610. The third kappa shape index (κ3) is 4.77. The van der Waals surface area contributed by atoms with Gasteiger partial charge in [0.1, 0.15) is 12.2 Å². The van der Waals surface area contributed by atoms with Gasteiger partial charge in [0.25, 0.3) is 0 Å². The molecule has 1 rings (SSSR count). The second kappa shape index (κ2) is 7.25. The zero-order chi connectivity index (χ0) is 14.6. The molecule has 1 heterocycles.